The van der Waals surface area contributed by atoms with Crippen LogP contribution in [0.4, 0.5) is 11.6 Å². The summed E-state index contributed by atoms with van der Waals surface area (Å²) < 4.78 is 5.93. The number of nitrogens with one attached hydrogen (secondary N) is 1. The van der Waals surface area contributed by atoms with Crippen molar-refractivity contribution in [3.63, 3.8) is 0 Å². The van der Waals surface area contributed by atoms with Gasteiger partial charge in [0.2, 0.25) is 5.91 Å². The van der Waals surface area contributed by atoms with Crippen LogP contribution in [0, 0.1) is 5.92 Å². The number of aliphatic hydroxyl groups is 1. The van der Waals surface area contributed by atoms with E-state index < -0.39 is 0 Å². The van der Waals surface area contributed by atoms with E-state index in [0.717, 1.165) is 17.8 Å². The molecule has 1 fully saturated rings. The van der Waals surface area contributed by atoms with Crippen molar-refractivity contribution in [2.45, 2.75) is 38.5 Å². The Morgan fingerprint density at radius 2 is 2.22 bits per heavy atom. The first kappa shape index (κ1) is 15.9. The van der Waals surface area contributed by atoms with Gasteiger partial charge in [-0.1, -0.05) is 19.9 Å². The Labute approximate surface area is 135 Å². The molecular weight excluding hydrogens is 296 g/mol. The molecule has 7 nitrogen and oxygen atoms in total. The number of aromatic nitrogens is 2. The van der Waals surface area contributed by atoms with Gasteiger partial charge in [-0.15, -0.1) is 0 Å². The molecule has 124 valence electrons. The average Bonchev–Trinajstić information content (AvgIpc) is 2.85. The largest absolute Gasteiger partial charge is 0.394 e. The molecule has 0 saturated carbocycles. The fourth-order valence-corrected chi connectivity index (χ4v) is 3.30. The molecule has 2 N–H and O–H groups in total. The molecule has 3 rings (SSSR count). The van der Waals surface area contributed by atoms with E-state index in [0.29, 0.717) is 5.82 Å². The van der Waals surface area contributed by atoms with Crippen molar-refractivity contribution in [3.05, 3.63) is 24.0 Å². The lowest BCUT2D eigenvalue weighted by molar-refractivity contribution is -0.111. The molecule has 23 heavy (non-hydrogen) atoms. The number of nitrogens with zero attached hydrogens (tertiary/aromatic N) is 3. The Morgan fingerprint density at radius 3 is 2.91 bits per heavy atom. The van der Waals surface area contributed by atoms with Crippen molar-refractivity contribution >= 4 is 17.5 Å². The number of amides is 1. The van der Waals surface area contributed by atoms with E-state index in [1.807, 2.05) is 24.9 Å². The second-order valence-corrected chi connectivity index (χ2v) is 6.25. The Balaban J connectivity index is 1.96. The van der Waals surface area contributed by atoms with Gasteiger partial charge < -0.3 is 20.1 Å². The van der Waals surface area contributed by atoms with E-state index in [1.165, 1.54) is 12.4 Å². The van der Waals surface area contributed by atoms with Crippen LogP contribution in [0.5, 0.6) is 0 Å². The van der Waals surface area contributed by atoms with Crippen molar-refractivity contribution in [1.82, 2.24) is 9.97 Å². The Kier molecular flexibility index (Phi) is 4.32. The van der Waals surface area contributed by atoms with Gasteiger partial charge in [0.05, 0.1) is 12.7 Å². The minimum absolute atomic E-state index is 0.00736. The standard InChI is InChI=1S/C16H22N4O3/c1-9-4-5-12(22)19-14-13(9)15(18-8-17-14)20(3)16-10(2)6-11(7-21)23-16/h4-5,8-11,16,21H,6-7H2,1-3H3,(H,17,18,19,22)/t9?,10-,11?,16?/m0/s1. The lowest BCUT2D eigenvalue weighted by Gasteiger charge is -2.30. The molecule has 3 heterocycles. The quantitative estimate of drug-likeness (QED) is 0.872. The molecule has 4 atom stereocenters. The first-order chi connectivity index (χ1) is 11.0. The van der Waals surface area contributed by atoms with Gasteiger partial charge in [0.1, 0.15) is 24.2 Å². The zero-order chi connectivity index (χ0) is 16.6. The highest BCUT2D eigenvalue weighted by atomic mass is 16.5. The van der Waals surface area contributed by atoms with Gasteiger partial charge in [0, 0.05) is 24.4 Å². The fourth-order valence-electron chi connectivity index (χ4n) is 3.30. The van der Waals surface area contributed by atoms with Crippen LogP contribution in [0.1, 0.15) is 31.7 Å². The van der Waals surface area contributed by atoms with Crippen LogP contribution in [-0.4, -0.2) is 47.0 Å². The summed E-state index contributed by atoms with van der Waals surface area (Å²) in [5.41, 5.74) is 0.875. The summed E-state index contributed by atoms with van der Waals surface area (Å²) in [6, 6.07) is 0. The van der Waals surface area contributed by atoms with Crippen molar-refractivity contribution in [2.75, 3.05) is 23.9 Å². The normalized spacial score (nSPS) is 29.8. The highest BCUT2D eigenvalue weighted by Crippen LogP contribution is 2.37. The number of ether oxygens (including phenoxy) is 1. The maximum absolute atomic E-state index is 11.7. The van der Waals surface area contributed by atoms with E-state index in [-0.39, 0.29) is 36.7 Å². The molecule has 1 saturated heterocycles. The van der Waals surface area contributed by atoms with Gasteiger partial charge in [-0.3, -0.25) is 4.79 Å². The number of hydrogen-bond acceptors (Lipinski definition) is 6. The van der Waals surface area contributed by atoms with Crippen molar-refractivity contribution in [3.8, 4) is 0 Å². The SMILES string of the molecule is CC1C=CC(=O)Nc2ncnc(N(C)C3OC(CO)C[C@@H]3C)c21. The first-order valence-corrected chi connectivity index (χ1v) is 7.84. The molecule has 3 unspecified atom stereocenters. The van der Waals surface area contributed by atoms with E-state index in [2.05, 4.69) is 22.2 Å². The summed E-state index contributed by atoms with van der Waals surface area (Å²) in [6.07, 6.45) is 5.32. The maximum Gasteiger partial charge on any atom is 0.249 e. The highest BCUT2D eigenvalue weighted by Gasteiger charge is 2.36. The highest BCUT2D eigenvalue weighted by molar-refractivity contribution is 6.00. The summed E-state index contributed by atoms with van der Waals surface area (Å²) in [5.74, 6) is 1.37. The summed E-state index contributed by atoms with van der Waals surface area (Å²) in [7, 11) is 1.92. The Bertz CT molecular complexity index is 634. The van der Waals surface area contributed by atoms with Gasteiger partial charge >= 0.3 is 0 Å². The summed E-state index contributed by atoms with van der Waals surface area (Å²) in [5, 5.41) is 12.1. The predicted molar refractivity (Wildman–Crippen MR) is 86.1 cm³/mol. The minimum Gasteiger partial charge on any atom is -0.394 e. The lowest BCUT2D eigenvalue weighted by Crippen LogP contribution is -2.37. The van der Waals surface area contributed by atoms with Gasteiger partial charge in [-0.05, 0) is 12.5 Å². The van der Waals surface area contributed by atoms with E-state index >= 15 is 0 Å². The molecule has 0 spiro atoms. The van der Waals surface area contributed by atoms with Crippen LogP contribution in [0.25, 0.3) is 0 Å². The number of carbonyl (C=O) groups excluding carboxylic acids is 1. The van der Waals surface area contributed by atoms with Crippen LogP contribution < -0.4 is 10.2 Å². The van der Waals surface area contributed by atoms with Crippen molar-refractivity contribution in [2.24, 2.45) is 5.92 Å². The molecule has 1 aromatic heterocycles. The van der Waals surface area contributed by atoms with Crippen molar-refractivity contribution < 1.29 is 14.6 Å². The van der Waals surface area contributed by atoms with Gasteiger partial charge in [0.15, 0.2) is 0 Å². The van der Waals surface area contributed by atoms with Crippen LogP contribution in [0.15, 0.2) is 18.5 Å². The lowest BCUT2D eigenvalue weighted by atomic mass is 10.0. The number of hydrogen-bond donors (Lipinski definition) is 2. The van der Waals surface area contributed by atoms with Crippen LogP contribution in [0.3, 0.4) is 0 Å². The van der Waals surface area contributed by atoms with Crippen LogP contribution >= 0.6 is 0 Å². The molecule has 0 aromatic carbocycles. The molecule has 0 bridgehead atoms. The molecular formula is C16H22N4O3. The molecule has 1 amide bonds. The topological polar surface area (TPSA) is 87.6 Å². The molecule has 2 aliphatic rings. The zero-order valence-corrected chi connectivity index (χ0v) is 13.6. The van der Waals surface area contributed by atoms with Crippen molar-refractivity contribution in [1.29, 1.82) is 0 Å². The third-order valence-corrected chi connectivity index (χ3v) is 4.47. The smallest absolute Gasteiger partial charge is 0.249 e. The summed E-state index contributed by atoms with van der Waals surface area (Å²) in [4.78, 5) is 22.3. The maximum atomic E-state index is 11.7. The van der Waals surface area contributed by atoms with Crippen LogP contribution in [0.2, 0.25) is 0 Å². The molecule has 0 radical (unpaired) electrons. The Hall–Kier alpha value is -1.99. The summed E-state index contributed by atoms with van der Waals surface area (Å²) >= 11 is 0. The number of rotatable bonds is 3. The predicted octanol–water partition coefficient (Wildman–Crippen LogP) is 1.27. The number of anilines is 2. The monoisotopic (exact) mass is 318 g/mol. The second-order valence-electron chi connectivity index (χ2n) is 6.25. The third-order valence-electron chi connectivity index (χ3n) is 4.47. The van der Waals surface area contributed by atoms with Crippen LogP contribution in [-0.2, 0) is 9.53 Å². The molecule has 2 aliphatic heterocycles. The number of fused-ring (bicyclic) bond motifs is 1. The first-order valence-electron chi connectivity index (χ1n) is 7.84. The second kappa shape index (κ2) is 6.25. The minimum atomic E-state index is -0.186. The number of allylic oxidation sites excluding steroid dienone is 1. The van der Waals surface area contributed by atoms with E-state index in [9.17, 15) is 9.90 Å². The molecule has 0 aliphatic carbocycles. The van der Waals surface area contributed by atoms with E-state index in [1.54, 1.807) is 0 Å². The van der Waals surface area contributed by atoms with Gasteiger partial charge in [-0.2, -0.15) is 0 Å². The average molecular weight is 318 g/mol. The van der Waals surface area contributed by atoms with E-state index in [4.69, 9.17) is 4.74 Å². The fraction of sp³-hybridized carbons (Fsp3) is 0.562. The summed E-state index contributed by atoms with van der Waals surface area (Å²) in [6.45, 7) is 4.12. The van der Waals surface area contributed by atoms with Gasteiger partial charge in [-0.25, -0.2) is 9.97 Å². The zero-order valence-electron chi connectivity index (χ0n) is 13.6. The van der Waals surface area contributed by atoms with Gasteiger partial charge in [0.25, 0.3) is 0 Å². The number of aliphatic hydroxyl groups excluding tert-OH is 1. The molecule has 7 heteroatoms. The molecule has 1 aromatic rings. The Morgan fingerprint density at radius 1 is 1.43 bits per heavy atom. The third kappa shape index (κ3) is 2.94. The number of carbonyl (C=O) groups is 1.